The van der Waals surface area contributed by atoms with Gasteiger partial charge in [0.2, 0.25) is 5.89 Å². The van der Waals surface area contributed by atoms with Crippen LogP contribution in [0.25, 0.3) is 11.5 Å². The van der Waals surface area contributed by atoms with Crippen LogP contribution in [-0.2, 0) is 0 Å². The Bertz CT molecular complexity index is 905. The van der Waals surface area contributed by atoms with E-state index in [0.29, 0.717) is 17.5 Å². The van der Waals surface area contributed by atoms with E-state index < -0.39 is 0 Å². The van der Waals surface area contributed by atoms with Gasteiger partial charge in [0.15, 0.2) is 5.69 Å². The minimum Gasteiger partial charge on any atom is -0.444 e. The Balaban J connectivity index is 1.57. The lowest BCUT2D eigenvalue weighted by atomic mass is 10.1. The van der Waals surface area contributed by atoms with Crippen LogP contribution in [0.5, 0.6) is 0 Å². The number of nitrogens with zero attached hydrogens (tertiary/aromatic N) is 2. The van der Waals surface area contributed by atoms with Crippen LogP contribution in [0.4, 0.5) is 5.69 Å². The van der Waals surface area contributed by atoms with E-state index in [-0.39, 0.29) is 5.91 Å². The van der Waals surface area contributed by atoms with Gasteiger partial charge in [0, 0.05) is 22.9 Å². The Morgan fingerprint density at radius 2 is 2.12 bits per heavy atom. The molecule has 0 bridgehead atoms. The number of carbonyl (C=O) groups excluding carboxylic acids is 1. The molecule has 1 fully saturated rings. The van der Waals surface area contributed by atoms with E-state index in [2.05, 4.69) is 20.5 Å². The molecule has 1 aromatic carbocycles. The summed E-state index contributed by atoms with van der Waals surface area (Å²) in [6.45, 7) is 3.82. The second-order valence-corrected chi connectivity index (χ2v) is 6.26. The highest BCUT2D eigenvalue weighted by Crippen LogP contribution is 2.39. The van der Waals surface area contributed by atoms with E-state index in [0.717, 1.165) is 28.2 Å². The van der Waals surface area contributed by atoms with Crippen LogP contribution < -0.4 is 5.32 Å². The summed E-state index contributed by atoms with van der Waals surface area (Å²) in [6, 6.07) is 7.57. The monoisotopic (exact) mass is 322 g/mol. The number of aromatic amines is 1. The van der Waals surface area contributed by atoms with Crippen LogP contribution in [-0.4, -0.2) is 21.1 Å². The molecule has 6 heteroatoms. The Kier molecular flexibility index (Phi) is 3.45. The molecule has 2 N–H and O–H groups in total. The highest BCUT2D eigenvalue weighted by molar-refractivity contribution is 6.03. The van der Waals surface area contributed by atoms with Crippen LogP contribution in [0, 0.1) is 13.8 Å². The molecule has 0 atom stereocenters. The summed E-state index contributed by atoms with van der Waals surface area (Å²) in [5.74, 6) is 0.859. The fourth-order valence-corrected chi connectivity index (χ4v) is 2.62. The summed E-state index contributed by atoms with van der Waals surface area (Å²) in [5, 5.41) is 10.00. The topological polar surface area (TPSA) is 83.8 Å². The minimum atomic E-state index is -0.220. The number of amides is 1. The van der Waals surface area contributed by atoms with Gasteiger partial charge in [0.1, 0.15) is 6.26 Å². The first-order valence-electron chi connectivity index (χ1n) is 8.00. The largest absolute Gasteiger partial charge is 0.444 e. The smallest absolute Gasteiger partial charge is 0.276 e. The third-order valence-corrected chi connectivity index (χ3v) is 4.20. The summed E-state index contributed by atoms with van der Waals surface area (Å²) in [5.41, 5.74) is 4.79. The normalized spacial score (nSPS) is 13.9. The molecule has 0 radical (unpaired) electrons. The fourth-order valence-electron chi connectivity index (χ4n) is 2.62. The number of rotatable bonds is 4. The van der Waals surface area contributed by atoms with Crippen molar-refractivity contribution >= 4 is 11.6 Å². The molecule has 0 spiro atoms. The summed E-state index contributed by atoms with van der Waals surface area (Å²) in [7, 11) is 0. The van der Waals surface area contributed by atoms with Gasteiger partial charge in [-0.25, -0.2) is 4.98 Å². The number of benzene rings is 1. The van der Waals surface area contributed by atoms with Crippen molar-refractivity contribution in [2.24, 2.45) is 0 Å². The van der Waals surface area contributed by atoms with Gasteiger partial charge < -0.3 is 9.73 Å². The lowest BCUT2D eigenvalue weighted by Crippen LogP contribution is -2.13. The molecule has 0 aliphatic heterocycles. The molecule has 6 nitrogen and oxygen atoms in total. The van der Waals surface area contributed by atoms with Gasteiger partial charge >= 0.3 is 0 Å². The number of hydrogen-bond acceptors (Lipinski definition) is 4. The molecule has 2 aromatic heterocycles. The molecule has 4 rings (SSSR count). The molecule has 0 unspecified atom stereocenters. The van der Waals surface area contributed by atoms with Crippen molar-refractivity contribution in [1.82, 2.24) is 15.2 Å². The van der Waals surface area contributed by atoms with E-state index in [1.54, 1.807) is 6.26 Å². The van der Waals surface area contributed by atoms with Gasteiger partial charge in [-0.2, -0.15) is 5.10 Å². The third kappa shape index (κ3) is 2.82. The number of H-pyrrole nitrogens is 1. The van der Waals surface area contributed by atoms with Crippen LogP contribution >= 0.6 is 0 Å². The van der Waals surface area contributed by atoms with Crippen LogP contribution in [0.3, 0.4) is 0 Å². The van der Waals surface area contributed by atoms with Gasteiger partial charge in [0.05, 0.1) is 5.69 Å². The third-order valence-electron chi connectivity index (χ3n) is 4.20. The summed E-state index contributed by atoms with van der Waals surface area (Å²) in [6.07, 6.45) is 3.94. The Morgan fingerprint density at radius 1 is 1.29 bits per heavy atom. The second kappa shape index (κ2) is 5.63. The van der Waals surface area contributed by atoms with Crippen LogP contribution in [0.1, 0.15) is 46.2 Å². The van der Waals surface area contributed by atoms with Crippen molar-refractivity contribution in [3.05, 3.63) is 53.2 Å². The van der Waals surface area contributed by atoms with Gasteiger partial charge in [0.25, 0.3) is 5.91 Å². The average Bonchev–Trinajstić information content (AvgIpc) is 3.13. The van der Waals surface area contributed by atoms with Crippen LogP contribution in [0.2, 0.25) is 0 Å². The number of anilines is 1. The van der Waals surface area contributed by atoms with Crippen molar-refractivity contribution in [2.45, 2.75) is 32.6 Å². The zero-order chi connectivity index (χ0) is 16.7. The van der Waals surface area contributed by atoms with Gasteiger partial charge in [-0.1, -0.05) is 6.07 Å². The molecule has 122 valence electrons. The number of hydrogen-bond donors (Lipinski definition) is 2. The highest BCUT2D eigenvalue weighted by atomic mass is 16.3. The zero-order valence-electron chi connectivity index (χ0n) is 13.6. The molecular weight excluding hydrogens is 304 g/mol. The quantitative estimate of drug-likeness (QED) is 0.765. The minimum absolute atomic E-state index is 0.220. The first-order valence-corrected chi connectivity index (χ1v) is 8.00. The van der Waals surface area contributed by atoms with E-state index in [4.69, 9.17) is 4.42 Å². The number of carbonyl (C=O) groups is 1. The second-order valence-electron chi connectivity index (χ2n) is 6.26. The maximum Gasteiger partial charge on any atom is 0.276 e. The average molecular weight is 322 g/mol. The van der Waals surface area contributed by atoms with Gasteiger partial charge in [-0.15, -0.1) is 0 Å². The number of aryl methyl sites for hydroxylation is 2. The van der Waals surface area contributed by atoms with Crippen molar-refractivity contribution in [2.75, 3.05) is 5.32 Å². The summed E-state index contributed by atoms with van der Waals surface area (Å²) in [4.78, 5) is 16.8. The number of nitrogens with one attached hydrogen (secondary N) is 2. The molecule has 0 saturated heterocycles. The molecule has 3 aromatic rings. The first kappa shape index (κ1) is 14.7. The maximum absolute atomic E-state index is 12.4. The van der Waals surface area contributed by atoms with E-state index >= 15 is 0 Å². The zero-order valence-corrected chi connectivity index (χ0v) is 13.6. The molecular formula is C18H18N4O2. The van der Waals surface area contributed by atoms with Gasteiger partial charge in [-0.3, -0.25) is 9.89 Å². The van der Waals surface area contributed by atoms with E-state index in [1.807, 2.05) is 38.1 Å². The van der Waals surface area contributed by atoms with Crippen molar-refractivity contribution in [1.29, 1.82) is 0 Å². The first-order chi connectivity index (χ1) is 11.6. The lowest BCUT2D eigenvalue weighted by molar-refractivity contribution is 0.102. The predicted molar refractivity (Wildman–Crippen MR) is 89.9 cm³/mol. The Hall–Kier alpha value is -2.89. The van der Waals surface area contributed by atoms with E-state index in [9.17, 15) is 4.79 Å². The van der Waals surface area contributed by atoms with Crippen molar-refractivity contribution in [3.63, 3.8) is 0 Å². The highest BCUT2D eigenvalue weighted by Gasteiger charge is 2.26. The predicted octanol–water partition coefficient (Wildman–Crippen LogP) is 3.81. The van der Waals surface area contributed by atoms with Crippen molar-refractivity contribution < 1.29 is 9.21 Å². The van der Waals surface area contributed by atoms with Gasteiger partial charge in [-0.05, 0) is 50.5 Å². The molecule has 2 heterocycles. The molecule has 1 aliphatic carbocycles. The molecule has 1 saturated carbocycles. The molecule has 1 aliphatic rings. The molecule has 1 amide bonds. The number of aromatic nitrogens is 3. The van der Waals surface area contributed by atoms with E-state index in [1.165, 1.54) is 12.8 Å². The fraction of sp³-hybridized carbons (Fsp3) is 0.278. The number of oxazole rings is 1. The maximum atomic E-state index is 12.4. The Labute approximate surface area is 139 Å². The Morgan fingerprint density at radius 3 is 2.83 bits per heavy atom. The standard InChI is InChI=1S/C18H18N4O2/c1-10-3-4-13(18-19-11(2)9-24-18)7-14(10)20-17(23)16-8-15(21-22-16)12-5-6-12/h3-4,7-9,12H,5-6H2,1-2H3,(H,20,23)(H,21,22). The summed E-state index contributed by atoms with van der Waals surface area (Å²) >= 11 is 0. The molecule has 24 heavy (non-hydrogen) atoms. The SMILES string of the molecule is Cc1coc(-c2ccc(C)c(NC(=O)c3cc(C4CC4)[nH]n3)c2)n1. The van der Waals surface area contributed by atoms with Crippen LogP contribution in [0.15, 0.2) is 34.9 Å². The lowest BCUT2D eigenvalue weighted by Gasteiger charge is -2.08. The summed E-state index contributed by atoms with van der Waals surface area (Å²) < 4.78 is 5.43. The van der Waals surface area contributed by atoms with Crippen molar-refractivity contribution in [3.8, 4) is 11.5 Å².